The van der Waals surface area contributed by atoms with E-state index in [1.807, 2.05) is 29.2 Å². The van der Waals surface area contributed by atoms with Crippen LogP contribution >= 0.6 is 0 Å². The first-order valence-electron chi connectivity index (χ1n) is 15.0. The summed E-state index contributed by atoms with van der Waals surface area (Å²) in [6, 6.07) is 10.0. The SMILES string of the molecule is CCn1c(-c2nc3cc(C(=O)N4C[C@H]5CC[C@@H]4[C@@H]5N)cc(OC)c3n2CC2CC(C)(OC)C2)cc2ccc(OC)nc21. The number of carbonyl (C=O) groups is 1. The molecule has 0 spiro atoms. The third-order valence-electron chi connectivity index (χ3n) is 10.0. The molecule has 42 heavy (non-hydrogen) atoms. The van der Waals surface area contributed by atoms with Crippen molar-refractivity contribution in [2.24, 2.45) is 17.6 Å². The second-order valence-electron chi connectivity index (χ2n) is 12.5. The van der Waals surface area contributed by atoms with Gasteiger partial charge in [0.2, 0.25) is 5.88 Å². The summed E-state index contributed by atoms with van der Waals surface area (Å²) in [6.07, 6.45) is 4.00. The van der Waals surface area contributed by atoms with Gasteiger partial charge in [0.25, 0.3) is 5.91 Å². The minimum Gasteiger partial charge on any atom is -0.494 e. The first-order chi connectivity index (χ1) is 20.3. The second-order valence-corrected chi connectivity index (χ2v) is 12.5. The normalized spacial score (nSPS) is 26.8. The molecule has 2 N–H and O–H groups in total. The van der Waals surface area contributed by atoms with Gasteiger partial charge in [0.15, 0.2) is 5.82 Å². The molecule has 3 fully saturated rings. The summed E-state index contributed by atoms with van der Waals surface area (Å²) < 4.78 is 21.6. The molecule has 222 valence electrons. The maximum Gasteiger partial charge on any atom is 0.254 e. The Morgan fingerprint density at radius 2 is 1.88 bits per heavy atom. The van der Waals surface area contributed by atoms with E-state index in [4.69, 9.17) is 29.9 Å². The number of aryl methyl sites for hydroxylation is 1. The standard InChI is InChI=1S/C32H40N6O4/c1-6-36-24(12-19-8-10-26(41-4)35-29(19)36)30-34-22-11-21(31(39)37-17-20-7-9-23(37)27(20)33)13-25(40-3)28(22)38(30)16-18-14-32(2,15-18)42-5/h8,10-13,18,20,23,27H,6-7,9,14-17,33H2,1-5H3/t18?,20-,23-,27-,32?/m1/s1. The van der Waals surface area contributed by atoms with Crippen LogP contribution in [-0.2, 0) is 17.8 Å². The quantitative estimate of drug-likeness (QED) is 0.332. The lowest BCUT2D eigenvalue weighted by atomic mass is 9.72. The molecule has 1 aliphatic heterocycles. The lowest BCUT2D eigenvalue weighted by molar-refractivity contribution is -0.0937. The number of hydrogen-bond donors (Lipinski definition) is 1. The minimum atomic E-state index is -0.0976. The molecule has 4 aromatic rings. The fraction of sp³-hybridized carbons (Fsp3) is 0.531. The molecular weight excluding hydrogens is 532 g/mol. The van der Waals surface area contributed by atoms with Crippen molar-refractivity contribution in [3.63, 3.8) is 0 Å². The maximum atomic E-state index is 13.8. The number of carbonyl (C=O) groups excluding carboxylic acids is 1. The van der Waals surface area contributed by atoms with E-state index in [1.54, 1.807) is 21.3 Å². The fourth-order valence-corrected chi connectivity index (χ4v) is 7.77. The minimum absolute atomic E-state index is 0.00257. The van der Waals surface area contributed by atoms with Gasteiger partial charge >= 0.3 is 0 Å². The zero-order chi connectivity index (χ0) is 29.3. The second kappa shape index (κ2) is 9.98. The van der Waals surface area contributed by atoms with E-state index in [0.717, 1.165) is 72.4 Å². The van der Waals surface area contributed by atoms with Crippen LogP contribution in [0.1, 0.15) is 49.9 Å². The van der Waals surface area contributed by atoms with E-state index in [2.05, 4.69) is 29.0 Å². The molecule has 2 saturated carbocycles. The van der Waals surface area contributed by atoms with Crippen molar-refractivity contribution in [3.05, 3.63) is 35.9 Å². The van der Waals surface area contributed by atoms with Gasteiger partial charge in [-0.15, -0.1) is 0 Å². The number of methoxy groups -OCH3 is 3. The average Bonchev–Trinajstić information content (AvgIpc) is 3.73. The monoisotopic (exact) mass is 572 g/mol. The van der Waals surface area contributed by atoms with Crippen LogP contribution in [0.15, 0.2) is 30.3 Å². The number of nitrogens with two attached hydrogens (primary N) is 1. The van der Waals surface area contributed by atoms with E-state index in [1.165, 1.54) is 0 Å². The summed E-state index contributed by atoms with van der Waals surface area (Å²) in [7, 11) is 5.08. The van der Waals surface area contributed by atoms with Gasteiger partial charge in [0, 0.05) is 55.8 Å². The van der Waals surface area contributed by atoms with Crippen LogP contribution in [0, 0.1) is 11.8 Å². The predicted molar refractivity (Wildman–Crippen MR) is 161 cm³/mol. The third-order valence-corrected chi connectivity index (χ3v) is 10.0. The smallest absolute Gasteiger partial charge is 0.254 e. The molecule has 3 aliphatic rings. The van der Waals surface area contributed by atoms with Crippen LogP contribution in [-0.4, -0.2) is 75.5 Å². The van der Waals surface area contributed by atoms with Crippen molar-refractivity contribution in [2.75, 3.05) is 27.9 Å². The number of nitrogens with zero attached hydrogens (tertiary/aromatic N) is 5. The largest absolute Gasteiger partial charge is 0.494 e. The Labute approximate surface area is 245 Å². The van der Waals surface area contributed by atoms with Crippen molar-refractivity contribution in [1.29, 1.82) is 0 Å². The molecule has 1 aromatic carbocycles. The molecule has 2 aliphatic carbocycles. The Morgan fingerprint density at radius 3 is 2.52 bits per heavy atom. The molecule has 4 heterocycles. The van der Waals surface area contributed by atoms with Crippen molar-refractivity contribution in [2.45, 2.75) is 70.3 Å². The number of amides is 1. The van der Waals surface area contributed by atoms with Crippen LogP contribution < -0.4 is 15.2 Å². The van der Waals surface area contributed by atoms with Crippen LogP contribution in [0.25, 0.3) is 33.6 Å². The number of likely N-dealkylation sites (tertiary alicyclic amines) is 1. The molecule has 7 rings (SSSR count). The highest BCUT2D eigenvalue weighted by molar-refractivity contribution is 6.00. The highest BCUT2D eigenvalue weighted by Crippen LogP contribution is 2.44. The van der Waals surface area contributed by atoms with Crippen LogP contribution in [0.2, 0.25) is 0 Å². The first-order valence-corrected chi connectivity index (χ1v) is 15.0. The number of hydrogen-bond acceptors (Lipinski definition) is 7. The molecule has 3 atom stereocenters. The van der Waals surface area contributed by atoms with Crippen molar-refractivity contribution in [1.82, 2.24) is 24.0 Å². The number of fused-ring (bicyclic) bond motifs is 4. The molecule has 3 aromatic heterocycles. The highest BCUT2D eigenvalue weighted by Gasteiger charge is 2.47. The summed E-state index contributed by atoms with van der Waals surface area (Å²) in [5.41, 5.74) is 10.4. The Hall–Kier alpha value is -3.63. The highest BCUT2D eigenvalue weighted by atomic mass is 16.5. The van der Waals surface area contributed by atoms with E-state index in [9.17, 15) is 4.79 Å². The lowest BCUT2D eigenvalue weighted by Crippen LogP contribution is -2.44. The number of benzene rings is 1. The predicted octanol–water partition coefficient (Wildman–Crippen LogP) is 4.47. The number of pyridine rings is 1. The first kappa shape index (κ1) is 27.2. The molecular formula is C32H40N6O4. The summed E-state index contributed by atoms with van der Waals surface area (Å²) >= 11 is 0. The van der Waals surface area contributed by atoms with Gasteiger partial charge in [-0.2, -0.15) is 4.98 Å². The van der Waals surface area contributed by atoms with Gasteiger partial charge < -0.3 is 34.0 Å². The molecule has 10 heteroatoms. The van der Waals surface area contributed by atoms with Gasteiger partial charge in [-0.25, -0.2) is 4.98 Å². The molecule has 10 nitrogen and oxygen atoms in total. The van der Waals surface area contributed by atoms with Crippen molar-refractivity contribution < 1.29 is 19.0 Å². The van der Waals surface area contributed by atoms with Gasteiger partial charge in [-0.1, -0.05) is 0 Å². The topological polar surface area (TPSA) is 110 Å². The summed E-state index contributed by atoms with van der Waals surface area (Å²) in [4.78, 5) is 25.7. The average molecular weight is 573 g/mol. The molecule has 2 bridgehead atoms. The maximum absolute atomic E-state index is 13.8. The summed E-state index contributed by atoms with van der Waals surface area (Å²) in [5, 5.41) is 1.02. The number of rotatable bonds is 8. The van der Waals surface area contributed by atoms with E-state index >= 15 is 0 Å². The van der Waals surface area contributed by atoms with Crippen LogP contribution in [0.3, 0.4) is 0 Å². The van der Waals surface area contributed by atoms with Crippen molar-refractivity contribution in [3.8, 4) is 23.1 Å². The van der Waals surface area contributed by atoms with Crippen LogP contribution in [0.4, 0.5) is 0 Å². The zero-order valence-corrected chi connectivity index (χ0v) is 25.1. The lowest BCUT2D eigenvalue weighted by Gasteiger charge is -2.44. The number of aromatic nitrogens is 4. The summed E-state index contributed by atoms with van der Waals surface area (Å²) in [5.74, 6) is 2.87. The molecule has 1 saturated heterocycles. The number of imidazole rings is 1. The van der Waals surface area contributed by atoms with E-state index in [0.29, 0.717) is 35.6 Å². The fourth-order valence-electron chi connectivity index (χ4n) is 7.77. The van der Waals surface area contributed by atoms with Gasteiger partial charge in [-0.05, 0) is 75.6 Å². The van der Waals surface area contributed by atoms with Gasteiger partial charge in [-0.3, -0.25) is 4.79 Å². The van der Waals surface area contributed by atoms with Crippen molar-refractivity contribution >= 4 is 28.0 Å². The van der Waals surface area contributed by atoms with Gasteiger partial charge in [0.05, 0.1) is 31.0 Å². The van der Waals surface area contributed by atoms with Crippen LogP contribution in [0.5, 0.6) is 11.6 Å². The molecule has 0 unspecified atom stereocenters. The Balaban J connectivity index is 1.37. The number of ether oxygens (including phenoxy) is 3. The number of piperidine rings is 1. The van der Waals surface area contributed by atoms with E-state index < -0.39 is 0 Å². The Kier molecular flexibility index (Phi) is 6.47. The Morgan fingerprint density at radius 1 is 1.07 bits per heavy atom. The van der Waals surface area contributed by atoms with Gasteiger partial charge in [0.1, 0.15) is 16.9 Å². The third kappa shape index (κ3) is 4.10. The molecule has 0 radical (unpaired) electrons. The zero-order valence-electron chi connectivity index (χ0n) is 25.1. The van der Waals surface area contributed by atoms with E-state index in [-0.39, 0.29) is 23.6 Å². The molecule has 1 amide bonds. The Bertz CT molecular complexity index is 1690. The summed E-state index contributed by atoms with van der Waals surface area (Å²) in [6.45, 7) is 6.48.